The molecule has 2 aromatic rings. The first-order valence-electron chi connectivity index (χ1n) is 6.26. The molecule has 7 nitrogen and oxygen atoms in total. The minimum atomic E-state index is -0.241. The standard InChI is InChI=1S/C13H17N5O2/c1-17(8-9-19)13(20)15-10-11-4-2-5-14-12(11)18-7-3-6-16-18/h2-7,19H,8-10H2,1H3,(H,15,20). The van der Waals surface area contributed by atoms with E-state index in [0.29, 0.717) is 18.9 Å². The molecule has 0 fully saturated rings. The maximum absolute atomic E-state index is 11.8. The molecule has 0 atom stereocenters. The Bertz CT molecular complexity index is 556. The molecule has 0 aliphatic heterocycles. The van der Waals surface area contributed by atoms with Crippen molar-refractivity contribution in [3.8, 4) is 5.82 Å². The summed E-state index contributed by atoms with van der Waals surface area (Å²) in [7, 11) is 1.63. The van der Waals surface area contributed by atoms with Crippen molar-refractivity contribution < 1.29 is 9.90 Å². The third kappa shape index (κ3) is 3.33. The number of likely N-dealkylation sites (N-methyl/N-ethyl adjacent to an activating group) is 1. The molecule has 0 aromatic carbocycles. The molecule has 0 spiro atoms. The van der Waals surface area contributed by atoms with Crippen LogP contribution < -0.4 is 5.32 Å². The molecule has 0 unspecified atom stereocenters. The Morgan fingerprint density at radius 3 is 3.00 bits per heavy atom. The van der Waals surface area contributed by atoms with Crippen molar-refractivity contribution >= 4 is 6.03 Å². The third-order valence-corrected chi connectivity index (χ3v) is 2.80. The van der Waals surface area contributed by atoms with Crippen LogP contribution >= 0.6 is 0 Å². The lowest BCUT2D eigenvalue weighted by Crippen LogP contribution is -2.38. The minimum absolute atomic E-state index is 0.0602. The van der Waals surface area contributed by atoms with Crippen molar-refractivity contribution in [3.63, 3.8) is 0 Å². The summed E-state index contributed by atoms with van der Waals surface area (Å²) in [6.07, 6.45) is 5.15. The van der Waals surface area contributed by atoms with E-state index < -0.39 is 0 Å². The highest BCUT2D eigenvalue weighted by molar-refractivity contribution is 5.73. The predicted molar refractivity (Wildman–Crippen MR) is 73.3 cm³/mol. The fourth-order valence-corrected chi connectivity index (χ4v) is 1.73. The van der Waals surface area contributed by atoms with Gasteiger partial charge in [0.1, 0.15) is 0 Å². The van der Waals surface area contributed by atoms with E-state index in [1.54, 1.807) is 30.3 Å². The van der Waals surface area contributed by atoms with Crippen LogP contribution in [-0.4, -0.2) is 51.0 Å². The molecule has 0 saturated heterocycles. The van der Waals surface area contributed by atoms with E-state index in [1.165, 1.54) is 4.90 Å². The number of nitrogens with zero attached hydrogens (tertiary/aromatic N) is 4. The predicted octanol–water partition coefficient (Wildman–Crippen LogP) is 0.401. The second-order valence-corrected chi connectivity index (χ2v) is 4.24. The Balaban J connectivity index is 2.05. The summed E-state index contributed by atoms with van der Waals surface area (Å²) in [6.45, 7) is 0.581. The molecule has 0 bridgehead atoms. The number of nitrogens with one attached hydrogen (secondary N) is 1. The number of aliphatic hydroxyl groups is 1. The number of carbonyl (C=O) groups is 1. The van der Waals surface area contributed by atoms with E-state index in [-0.39, 0.29) is 12.6 Å². The SMILES string of the molecule is CN(CCO)C(=O)NCc1cccnc1-n1cccn1. The molecule has 2 heterocycles. The average Bonchev–Trinajstić information content (AvgIpc) is 2.99. The number of amides is 2. The maximum atomic E-state index is 11.8. The van der Waals surface area contributed by atoms with Crippen LogP contribution in [0.4, 0.5) is 4.79 Å². The van der Waals surface area contributed by atoms with E-state index in [0.717, 1.165) is 5.56 Å². The second-order valence-electron chi connectivity index (χ2n) is 4.24. The first-order chi connectivity index (χ1) is 9.72. The number of aliphatic hydroxyl groups excluding tert-OH is 1. The second kappa shape index (κ2) is 6.67. The van der Waals surface area contributed by atoms with Gasteiger partial charge in [-0.05, 0) is 12.1 Å². The normalized spacial score (nSPS) is 10.3. The van der Waals surface area contributed by atoms with Gasteiger partial charge < -0.3 is 15.3 Å². The van der Waals surface area contributed by atoms with Gasteiger partial charge in [-0.15, -0.1) is 0 Å². The zero-order valence-corrected chi connectivity index (χ0v) is 11.2. The highest BCUT2D eigenvalue weighted by atomic mass is 16.3. The average molecular weight is 275 g/mol. The molecule has 106 valence electrons. The first kappa shape index (κ1) is 14.0. The number of hydrogen-bond acceptors (Lipinski definition) is 4. The number of aromatic nitrogens is 3. The fraction of sp³-hybridized carbons (Fsp3) is 0.308. The van der Waals surface area contributed by atoms with Crippen LogP contribution in [0.25, 0.3) is 5.82 Å². The van der Waals surface area contributed by atoms with E-state index in [1.807, 2.05) is 18.2 Å². The Morgan fingerprint density at radius 2 is 2.30 bits per heavy atom. The summed E-state index contributed by atoms with van der Waals surface area (Å²) < 4.78 is 1.65. The van der Waals surface area contributed by atoms with Crippen molar-refractivity contribution in [3.05, 3.63) is 42.4 Å². The lowest BCUT2D eigenvalue weighted by atomic mass is 10.2. The molecule has 20 heavy (non-hydrogen) atoms. The largest absolute Gasteiger partial charge is 0.395 e. The van der Waals surface area contributed by atoms with Crippen molar-refractivity contribution in [2.75, 3.05) is 20.2 Å². The lowest BCUT2D eigenvalue weighted by Gasteiger charge is -2.17. The Morgan fingerprint density at radius 1 is 1.45 bits per heavy atom. The highest BCUT2D eigenvalue weighted by Gasteiger charge is 2.10. The molecule has 0 radical (unpaired) electrons. The molecule has 7 heteroatoms. The van der Waals surface area contributed by atoms with Crippen molar-refractivity contribution in [1.82, 2.24) is 25.0 Å². The van der Waals surface area contributed by atoms with E-state index in [4.69, 9.17) is 5.11 Å². The van der Waals surface area contributed by atoms with Gasteiger partial charge in [-0.25, -0.2) is 14.5 Å². The summed E-state index contributed by atoms with van der Waals surface area (Å²) >= 11 is 0. The van der Waals surface area contributed by atoms with Crippen LogP contribution in [0.15, 0.2) is 36.8 Å². The number of carbonyl (C=O) groups excluding carboxylic acids is 1. The summed E-state index contributed by atoms with van der Waals surface area (Å²) in [4.78, 5) is 17.5. The van der Waals surface area contributed by atoms with Gasteiger partial charge in [0, 0.05) is 44.3 Å². The first-order valence-corrected chi connectivity index (χ1v) is 6.26. The van der Waals surface area contributed by atoms with Crippen LogP contribution in [0.5, 0.6) is 0 Å². The zero-order chi connectivity index (χ0) is 14.4. The monoisotopic (exact) mass is 275 g/mol. The quantitative estimate of drug-likeness (QED) is 0.827. The van der Waals surface area contributed by atoms with Crippen LogP contribution in [0.2, 0.25) is 0 Å². The molecule has 0 aliphatic rings. The smallest absolute Gasteiger partial charge is 0.317 e. The van der Waals surface area contributed by atoms with Gasteiger partial charge in [0.2, 0.25) is 0 Å². The number of hydrogen-bond donors (Lipinski definition) is 2. The van der Waals surface area contributed by atoms with Gasteiger partial charge in [0.25, 0.3) is 0 Å². The van der Waals surface area contributed by atoms with Crippen LogP contribution in [0.3, 0.4) is 0 Å². The van der Waals surface area contributed by atoms with E-state index >= 15 is 0 Å². The Hall–Kier alpha value is -2.41. The van der Waals surface area contributed by atoms with Crippen molar-refractivity contribution in [1.29, 1.82) is 0 Å². The molecule has 2 aromatic heterocycles. The molecular weight excluding hydrogens is 258 g/mol. The Kier molecular flexibility index (Phi) is 4.67. The van der Waals surface area contributed by atoms with Crippen molar-refractivity contribution in [2.45, 2.75) is 6.54 Å². The van der Waals surface area contributed by atoms with Gasteiger partial charge in [0.05, 0.1) is 6.61 Å². The fourth-order valence-electron chi connectivity index (χ4n) is 1.73. The zero-order valence-electron chi connectivity index (χ0n) is 11.2. The topological polar surface area (TPSA) is 83.3 Å². The van der Waals surface area contributed by atoms with Crippen LogP contribution in [0.1, 0.15) is 5.56 Å². The highest BCUT2D eigenvalue weighted by Crippen LogP contribution is 2.09. The molecule has 2 N–H and O–H groups in total. The molecule has 0 saturated carbocycles. The molecule has 2 amide bonds. The van der Waals surface area contributed by atoms with Crippen molar-refractivity contribution in [2.24, 2.45) is 0 Å². The van der Waals surface area contributed by atoms with Crippen LogP contribution in [-0.2, 0) is 6.54 Å². The number of pyridine rings is 1. The summed E-state index contributed by atoms with van der Waals surface area (Å²) in [5, 5.41) is 15.7. The lowest BCUT2D eigenvalue weighted by molar-refractivity contribution is 0.190. The molecule has 0 aliphatic carbocycles. The summed E-state index contributed by atoms with van der Waals surface area (Å²) in [5.41, 5.74) is 0.863. The number of urea groups is 1. The third-order valence-electron chi connectivity index (χ3n) is 2.80. The summed E-state index contributed by atoms with van der Waals surface area (Å²) in [5.74, 6) is 0.683. The van der Waals surface area contributed by atoms with E-state index in [2.05, 4.69) is 15.4 Å². The van der Waals surface area contributed by atoms with Gasteiger partial charge >= 0.3 is 6.03 Å². The number of rotatable bonds is 5. The minimum Gasteiger partial charge on any atom is -0.395 e. The summed E-state index contributed by atoms with van der Waals surface area (Å²) in [6, 6.07) is 5.27. The maximum Gasteiger partial charge on any atom is 0.317 e. The van der Waals surface area contributed by atoms with Gasteiger partial charge in [-0.1, -0.05) is 6.07 Å². The van der Waals surface area contributed by atoms with Crippen LogP contribution in [0, 0.1) is 0 Å². The van der Waals surface area contributed by atoms with E-state index in [9.17, 15) is 4.79 Å². The van der Waals surface area contributed by atoms with Gasteiger partial charge in [-0.3, -0.25) is 0 Å². The molecular formula is C13H17N5O2. The van der Waals surface area contributed by atoms with Gasteiger partial charge in [0.15, 0.2) is 5.82 Å². The Labute approximate surface area is 116 Å². The van der Waals surface area contributed by atoms with Gasteiger partial charge in [-0.2, -0.15) is 5.10 Å². The molecule has 2 rings (SSSR count).